The van der Waals surface area contributed by atoms with Crippen LogP contribution in [0.1, 0.15) is 61.6 Å². The normalized spacial score (nSPS) is 15.0. The quantitative estimate of drug-likeness (QED) is 0.178. The lowest BCUT2D eigenvalue weighted by molar-refractivity contribution is 0.00415. The first-order valence-electron chi connectivity index (χ1n) is 14.2. The van der Waals surface area contributed by atoms with Gasteiger partial charge in [0.15, 0.2) is 17.3 Å². The third kappa shape index (κ3) is 6.38. The van der Waals surface area contributed by atoms with Gasteiger partial charge in [-0.1, -0.05) is 32.4 Å². The highest BCUT2D eigenvalue weighted by Crippen LogP contribution is 2.46. The number of pyridine rings is 1. The van der Waals surface area contributed by atoms with Gasteiger partial charge in [0, 0.05) is 40.9 Å². The van der Waals surface area contributed by atoms with Crippen LogP contribution < -0.4 is 14.2 Å². The lowest BCUT2D eigenvalue weighted by atomic mass is 9.83. The number of aromatic nitrogens is 3. The van der Waals surface area contributed by atoms with Crippen molar-refractivity contribution in [2.24, 2.45) is 0 Å². The molecule has 10 heteroatoms. The predicted octanol–water partition coefficient (Wildman–Crippen LogP) is 6.76. The van der Waals surface area contributed by atoms with Gasteiger partial charge in [-0.15, -0.1) is 0 Å². The first kappa shape index (κ1) is 30.5. The molecular formula is C33H35ClFN3O5. The molecule has 0 saturated carbocycles. The largest absolute Gasteiger partial charge is 0.493 e. The molecule has 3 heterocycles. The summed E-state index contributed by atoms with van der Waals surface area (Å²) in [7, 11) is 1.53. The van der Waals surface area contributed by atoms with E-state index in [1.165, 1.54) is 19.2 Å². The number of benzene rings is 2. The number of hydrogen-bond donors (Lipinski definition) is 1. The summed E-state index contributed by atoms with van der Waals surface area (Å²) in [6, 6.07) is 11.3. The van der Waals surface area contributed by atoms with E-state index in [1.807, 2.05) is 26.8 Å². The lowest BCUT2D eigenvalue weighted by Gasteiger charge is -2.30. The van der Waals surface area contributed by atoms with E-state index in [-0.39, 0.29) is 35.6 Å². The second-order valence-electron chi connectivity index (χ2n) is 11.4. The number of Topliss-reactive ketones (excluding diaryl/α,β-unsaturated/α-hetero) is 1. The summed E-state index contributed by atoms with van der Waals surface area (Å²) in [5, 5.41) is 12.3. The maximum absolute atomic E-state index is 14.1. The molecule has 1 atom stereocenters. The Labute approximate surface area is 255 Å². The highest BCUT2D eigenvalue weighted by molar-refractivity contribution is 6.31. The van der Waals surface area contributed by atoms with Crippen LogP contribution in [0.2, 0.25) is 5.02 Å². The number of fused-ring (bicyclic) bond motifs is 1. The predicted molar refractivity (Wildman–Crippen MR) is 162 cm³/mol. The van der Waals surface area contributed by atoms with Gasteiger partial charge >= 0.3 is 0 Å². The molecule has 43 heavy (non-hydrogen) atoms. The second-order valence-corrected chi connectivity index (χ2v) is 11.8. The zero-order chi connectivity index (χ0) is 30.8. The Balaban J connectivity index is 1.53. The van der Waals surface area contributed by atoms with E-state index in [0.717, 1.165) is 12.0 Å². The maximum atomic E-state index is 14.1. The Bertz CT molecular complexity index is 1630. The molecule has 0 bridgehead atoms. The number of imidazole rings is 1. The highest BCUT2D eigenvalue weighted by atomic mass is 35.5. The molecule has 0 spiro atoms. The van der Waals surface area contributed by atoms with E-state index < -0.39 is 11.4 Å². The van der Waals surface area contributed by atoms with Gasteiger partial charge in [0.1, 0.15) is 22.9 Å². The van der Waals surface area contributed by atoms with Crippen molar-refractivity contribution in [1.29, 1.82) is 0 Å². The third-order valence-corrected chi connectivity index (χ3v) is 7.96. The van der Waals surface area contributed by atoms with Crippen molar-refractivity contribution in [2.75, 3.05) is 20.3 Å². The van der Waals surface area contributed by atoms with E-state index in [2.05, 4.69) is 4.98 Å². The van der Waals surface area contributed by atoms with Gasteiger partial charge in [-0.25, -0.2) is 14.4 Å². The van der Waals surface area contributed by atoms with Crippen molar-refractivity contribution in [3.63, 3.8) is 0 Å². The number of aliphatic hydroxyl groups is 1. The summed E-state index contributed by atoms with van der Waals surface area (Å²) in [6.45, 7) is 7.15. The van der Waals surface area contributed by atoms with Crippen molar-refractivity contribution < 1.29 is 28.5 Å². The first-order chi connectivity index (χ1) is 20.5. The molecular weight excluding hydrogens is 573 g/mol. The van der Waals surface area contributed by atoms with Crippen molar-refractivity contribution in [1.82, 2.24) is 14.5 Å². The minimum Gasteiger partial charge on any atom is -0.493 e. The fraction of sp³-hybridized carbons (Fsp3) is 0.364. The topological polar surface area (TPSA) is 95.7 Å². The van der Waals surface area contributed by atoms with Crippen LogP contribution in [0.5, 0.6) is 17.2 Å². The molecule has 1 aliphatic heterocycles. The molecule has 2 aromatic carbocycles. The number of carbonyl (C=O) groups excluding carboxylic acids is 1. The van der Waals surface area contributed by atoms with Crippen LogP contribution in [0.4, 0.5) is 4.39 Å². The Morgan fingerprint density at radius 1 is 1.21 bits per heavy atom. The van der Waals surface area contributed by atoms with Gasteiger partial charge in [-0.2, -0.15) is 0 Å². The van der Waals surface area contributed by atoms with Crippen molar-refractivity contribution in [3.8, 4) is 28.5 Å². The number of ketones is 1. The Morgan fingerprint density at radius 2 is 2.02 bits per heavy atom. The number of rotatable bonds is 12. The van der Waals surface area contributed by atoms with E-state index in [4.69, 9.17) is 30.8 Å². The van der Waals surface area contributed by atoms with Gasteiger partial charge in [0.05, 0.1) is 43.9 Å². The minimum absolute atomic E-state index is 0.0277. The van der Waals surface area contributed by atoms with Crippen LogP contribution >= 0.6 is 11.6 Å². The summed E-state index contributed by atoms with van der Waals surface area (Å²) in [5.74, 6) is 0.891. The molecule has 226 valence electrons. The van der Waals surface area contributed by atoms with Crippen LogP contribution in [0.15, 0.2) is 61.2 Å². The van der Waals surface area contributed by atoms with Crippen LogP contribution in [0.3, 0.4) is 0 Å². The zero-order valence-electron chi connectivity index (χ0n) is 24.7. The number of methoxy groups -OCH3 is 1. The molecule has 8 nitrogen and oxygen atoms in total. The molecule has 0 radical (unpaired) electrons. The molecule has 4 aromatic rings. The Hall–Kier alpha value is -3.95. The molecule has 5 rings (SSSR count). The SMILES string of the molecule is CCCOc1ccc(C(=O)CCC(O)(Cn2ccnc2)c2cc3c(c(-c4ccc(F)c(Cl)c4)n2)OCC3(C)C)cc1OC. The summed E-state index contributed by atoms with van der Waals surface area (Å²) in [5.41, 5.74) is 0.720. The summed E-state index contributed by atoms with van der Waals surface area (Å²) < 4.78 is 33.1. The zero-order valence-corrected chi connectivity index (χ0v) is 25.4. The molecule has 1 aliphatic rings. The standard InChI is InChI=1S/C33H35ClFN3O5/c1-5-14-42-27-9-7-21(16-28(27)41-4)26(39)10-11-33(40,18-38-13-12-36-20-38)29-17-23-31(43-19-32(23,2)3)30(37-29)22-6-8-25(35)24(34)15-22/h6-9,12-13,15-17,20,40H,5,10-11,14,18-19H2,1-4H3. The van der Waals surface area contributed by atoms with Crippen molar-refractivity contribution in [2.45, 2.75) is 57.6 Å². The lowest BCUT2D eigenvalue weighted by Crippen LogP contribution is -2.33. The van der Waals surface area contributed by atoms with Crippen molar-refractivity contribution in [3.05, 3.63) is 88.8 Å². The average Bonchev–Trinajstić information content (AvgIpc) is 3.62. The van der Waals surface area contributed by atoms with Gasteiger partial charge in [0.25, 0.3) is 0 Å². The van der Waals surface area contributed by atoms with E-state index in [1.54, 1.807) is 47.6 Å². The maximum Gasteiger partial charge on any atom is 0.163 e. The highest BCUT2D eigenvalue weighted by Gasteiger charge is 2.40. The van der Waals surface area contributed by atoms with Gasteiger partial charge in [-0.3, -0.25) is 4.79 Å². The van der Waals surface area contributed by atoms with Crippen molar-refractivity contribution >= 4 is 17.4 Å². The summed E-state index contributed by atoms with van der Waals surface area (Å²) in [4.78, 5) is 22.5. The van der Waals surface area contributed by atoms with Gasteiger partial charge in [-0.05, 0) is 55.3 Å². The van der Waals surface area contributed by atoms with Crippen LogP contribution in [-0.2, 0) is 17.6 Å². The summed E-state index contributed by atoms with van der Waals surface area (Å²) >= 11 is 6.14. The van der Waals surface area contributed by atoms with E-state index >= 15 is 0 Å². The molecule has 0 aliphatic carbocycles. The minimum atomic E-state index is -1.57. The molecule has 0 saturated heterocycles. The molecule has 1 N–H and O–H groups in total. The van der Waals surface area contributed by atoms with Gasteiger partial charge < -0.3 is 23.9 Å². The second kappa shape index (κ2) is 12.3. The van der Waals surface area contributed by atoms with E-state index in [0.29, 0.717) is 53.0 Å². The van der Waals surface area contributed by atoms with E-state index in [9.17, 15) is 14.3 Å². The van der Waals surface area contributed by atoms with Crippen LogP contribution in [-0.4, -0.2) is 45.7 Å². The van der Waals surface area contributed by atoms with Crippen LogP contribution in [0, 0.1) is 5.82 Å². The molecule has 2 aromatic heterocycles. The average molecular weight is 608 g/mol. The number of ether oxygens (including phenoxy) is 3. The molecule has 0 amide bonds. The number of nitrogens with zero attached hydrogens (tertiary/aromatic N) is 3. The molecule has 1 unspecified atom stereocenters. The Morgan fingerprint density at radius 3 is 2.72 bits per heavy atom. The number of carbonyl (C=O) groups is 1. The Kier molecular flexibility index (Phi) is 8.76. The molecule has 0 fully saturated rings. The number of halogens is 2. The van der Waals surface area contributed by atoms with Crippen LogP contribution in [0.25, 0.3) is 11.3 Å². The monoisotopic (exact) mass is 607 g/mol. The van der Waals surface area contributed by atoms with Gasteiger partial charge in [0.2, 0.25) is 0 Å². The smallest absolute Gasteiger partial charge is 0.163 e. The fourth-order valence-electron chi connectivity index (χ4n) is 5.20. The fourth-order valence-corrected chi connectivity index (χ4v) is 5.38. The summed E-state index contributed by atoms with van der Waals surface area (Å²) in [6.07, 6.45) is 5.91. The number of hydrogen-bond acceptors (Lipinski definition) is 7. The third-order valence-electron chi connectivity index (χ3n) is 7.67. The first-order valence-corrected chi connectivity index (χ1v) is 14.6.